The number of halogens is 1. The maximum Gasteiger partial charge on any atom is 0.407 e. The van der Waals surface area contributed by atoms with E-state index in [1.807, 2.05) is 66.7 Å². The molecule has 3 aromatic carbocycles. The first-order valence-corrected chi connectivity index (χ1v) is 50.5. The predicted molar refractivity (Wildman–Crippen MR) is 507 cm³/mol. The third-order valence-electron chi connectivity index (χ3n) is 20.4. The second kappa shape index (κ2) is 45.6. The largest absolute Gasteiger partial charge is 0.447 e. The second-order valence-electron chi connectivity index (χ2n) is 36.3. The van der Waals surface area contributed by atoms with Gasteiger partial charge in [-0.25, -0.2) is 87.5 Å². The van der Waals surface area contributed by atoms with Crippen molar-refractivity contribution in [2.24, 2.45) is 0 Å². The average Bonchev–Trinajstić information content (AvgIpc) is 1.77. The highest BCUT2D eigenvalue weighted by Gasteiger charge is 2.35. The Balaban J connectivity index is 0.000000204. The van der Waals surface area contributed by atoms with Gasteiger partial charge in [-0.15, -0.1) is 34.0 Å². The number of hydrogen-bond acceptors (Lipinski definition) is 24. The molecule has 9 aromatic rings. The summed E-state index contributed by atoms with van der Waals surface area (Å²) in [5.74, 6) is 0.0776. The number of rotatable bonds is 27. The van der Waals surface area contributed by atoms with E-state index in [-0.39, 0.29) is 99.4 Å². The molecule has 708 valence electrons. The van der Waals surface area contributed by atoms with Gasteiger partial charge in [0.05, 0.1) is 98.9 Å². The van der Waals surface area contributed by atoms with E-state index in [1.165, 1.54) is 70.5 Å². The molecule has 12 rings (SSSR count). The van der Waals surface area contributed by atoms with Crippen molar-refractivity contribution in [3.05, 3.63) is 178 Å². The van der Waals surface area contributed by atoms with Gasteiger partial charge in [-0.1, -0.05) is 30.3 Å². The lowest BCUT2D eigenvalue weighted by Crippen LogP contribution is -2.40. The Morgan fingerprint density at radius 2 is 0.740 bits per heavy atom. The second-order valence-corrected chi connectivity index (χ2v) is 44.4. The van der Waals surface area contributed by atoms with Crippen molar-refractivity contribution in [3.63, 3.8) is 0 Å². The molecule has 1 atom stereocenters. The summed E-state index contributed by atoms with van der Waals surface area (Å²) in [7, 11) is -11.9. The summed E-state index contributed by atoms with van der Waals surface area (Å²) >= 11 is 4.37. The lowest BCUT2D eigenvalue weighted by atomic mass is 9.86. The number of aromatic nitrogens is 6. The molecule has 12 N–H and O–H groups in total. The molecule has 0 unspecified atom stereocenters. The summed E-state index contributed by atoms with van der Waals surface area (Å²) in [5, 5.41) is 27.8. The van der Waals surface area contributed by atoms with Crippen LogP contribution in [0.5, 0.6) is 0 Å². The molecule has 3 fully saturated rings. The average molecular weight is 1920 g/mol. The molecule has 0 saturated heterocycles. The quantitative estimate of drug-likeness (QED) is 0.0213. The Labute approximate surface area is 778 Å². The number of carbonyl (C=O) groups excluding carboxylic acids is 6. The summed E-state index contributed by atoms with van der Waals surface area (Å²) in [4.78, 5) is 102. The van der Waals surface area contributed by atoms with Gasteiger partial charge in [-0.05, 0) is 261 Å². The number of anilines is 3. The first kappa shape index (κ1) is 102. The maximum absolute atomic E-state index is 13.9. The van der Waals surface area contributed by atoms with Crippen LogP contribution < -0.4 is 62.0 Å². The van der Waals surface area contributed by atoms with Gasteiger partial charge in [0.25, 0.3) is 0 Å². The highest BCUT2D eigenvalue weighted by atomic mass is 32.2. The topological polar surface area (TPSA) is 454 Å². The number of hydrogen-bond donors (Lipinski definition) is 12. The van der Waals surface area contributed by atoms with Crippen molar-refractivity contribution in [2.75, 3.05) is 16.0 Å². The van der Waals surface area contributed by atoms with Gasteiger partial charge in [0.15, 0.2) is 0 Å². The Morgan fingerprint density at radius 3 is 1.06 bits per heavy atom. The zero-order valence-electron chi connectivity index (χ0n) is 76.6. The summed E-state index contributed by atoms with van der Waals surface area (Å²) < 4.78 is 119. The van der Waals surface area contributed by atoms with E-state index in [0.29, 0.717) is 44.3 Å². The Kier molecular flexibility index (Phi) is 35.6. The van der Waals surface area contributed by atoms with Gasteiger partial charge in [-0.3, -0.25) is 15.0 Å². The lowest BCUT2D eigenvalue weighted by molar-refractivity contribution is 0.108. The number of urea groups is 3. The Morgan fingerprint density at radius 1 is 0.405 bits per heavy atom. The van der Waals surface area contributed by atoms with Crippen LogP contribution in [0.3, 0.4) is 0 Å². The molecule has 9 amide bonds. The SMILES string of the molecule is CC(C)OC(=O)NC1CCC(c2ncc(-c3ccc(NC(=O)NCc4ccccn4)cc3S(=O)(=O)NC(C)(C)C)s2)CC1.CC(C)OC(=O)NC1CCC(c2ncc(-c3ccc(NC(=O)NCc4ncccc4F)cc3S(=O)(=O)NC(C)(C)C)s2)CC1.CC(C)OC(=O)NC1CCC(c2ncc(-c3ccc(NC(=O)N[C@H](C)c4ccccn4)cc3S(=O)(=O)NC(C)(C)C)s2)CC1. The number of alkyl carbamates (subject to hydrolysis) is 3. The van der Waals surface area contributed by atoms with E-state index < -0.39 is 88.9 Å². The highest BCUT2D eigenvalue weighted by molar-refractivity contribution is 7.90. The Bertz CT molecular complexity index is 5740. The normalized spacial score (nSPS) is 17.5. The van der Waals surface area contributed by atoms with Gasteiger partial charge >= 0.3 is 36.4 Å². The van der Waals surface area contributed by atoms with Crippen LogP contribution in [0.2, 0.25) is 0 Å². The van der Waals surface area contributed by atoms with Crippen molar-refractivity contribution in [2.45, 2.75) is 292 Å². The number of carbonyl (C=O) groups is 6. The van der Waals surface area contributed by atoms with Gasteiger partial charge in [0.2, 0.25) is 30.1 Å². The molecule has 3 aliphatic carbocycles. The van der Waals surface area contributed by atoms with Crippen LogP contribution >= 0.6 is 34.0 Å². The number of ether oxygens (including phenoxy) is 3. The standard InChI is InChI=1S/C31H42N6O5S2.C30H39FN6O5S2.C30H40N6O5S2/c1-19(2)42-30(39)36-22-12-10-21(11-13-22)28-33-18-26(43-28)24-15-14-23(17-27(24)44(40,41)37-31(4,5)6)35-29(38)34-20(3)25-9-7-8-16-32-25;1-18(2)42-29(39)36-20-10-8-19(9-11-20)27-33-17-25(43-27)22-13-12-21(15-26(22)44(40,41)37-30(3,4)5)35-28(38)34-16-24-23(31)7-6-14-32-24;1-19(2)41-29(38)35-21-11-9-20(10-12-21)27-32-18-25(42-27)24-14-13-22(16-26(24)43(39,40)36-30(3,4)5)34-28(37)33-17-23-8-6-7-15-31-23/h7-9,14-22,37H,10-13H2,1-6H3,(H,36,39)(H2,34,35,38);6-7,12-15,17-20,37H,8-11,16H2,1-5H3,(H,36,39)(H2,34,35,38);6-8,13-16,18-21,36H,9-12,17H2,1-5H3,(H,35,38)(H2,33,34,37)/t20-,21?,22?;;/m1../s1. The molecule has 33 nitrogen and oxygen atoms in total. The molecule has 131 heavy (non-hydrogen) atoms. The van der Waals surface area contributed by atoms with Crippen molar-refractivity contribution in [3.8, 4) is 31.3 Å². The zero-order valence-corrected chi connectivity index (χ0v) is 81.5. The summed E-state index contributed by atoms with van der Waals surface area (Å²) in [5.41, 5.74) is 1.67. The van der Waals surface area contributed by atoms with Crippen molar-refractivity contribution >= 4 is 118 Å². The zero-order chi connectivity index (χ0) is 95.3. The molecule has 0 aliphatic heterocycles. The first-order chi connectivity index (χ1) is 61.7. The number of sulfonamides is 3. The summed E-state index contributed by atoms with van der Waals surface area (Å²) in [6, 6.07) is 26.2. The molecular weight excluding hydrogens is 1800 g/mol. The molecule has 6 aromatic heterocycles. The van der Waals surface area contributed by atoms with E-state index in [4.69, 9.17) is 14.2 Å². The molecule has 6 heterocycles. The smallest absolute Gasteiger partial charge is 0.407 e. The minimum atomic E-state index is -4.01. The number of nitrogens with zero attached hydrogens (tertiary/aromatic N) is 6. The third kappa shape index (κ3) is 32.0. The molecule has 3 aliphatic rings. The fourth-order valence-corrected chi connectivity index (χ4v) is 23.3. The van der Waals surface area contributed by atoms with Crippen molar-refractivity contribution < 1.29 is 72.6 Å². The maximum atomic E-state index is 13.9. The van der Waals surface area contributed by atoms with E-state index in [9.17, 15) is 58.4 Å². The van der Waals surface area contributed by atoms with E-state index >= 15 is 0 Å². The lowest BCUT2D eigenvalue weighted by Gasteiger charge is -2.28. The van der Waals surface area contributed by atoms with Crippen LogP contribution in [0.1, 0.15) is 244 Å². The fourth-order valence-electron chi connectivity index (χ4n) is 14.8. The van der Waals surface area contributed by atoms with E-state index in [0.717, 1.165) is 102 Å². The van der Waals surface area contributed by atoms with Crippen LogP contribution in [0, 0.1) is 5.82 Å². The van der Waals surface area contributed by atoms with Crippen LogP contribution in [-0.4, -0.2) is 145 Å². The van der Waals surface area contributed by atoms with Gasteiger partial charge in [0, 0.05) is 123 Å². The van der Waals surface area contributed by atoms with Crippen LogP contribution in [0.4, 0.5) is 50.2 Å². The number of amides is 9. The molecule has 0 spiro atoms. The number of thiazole rings is 3. The van der Waals surface area contributed by atoms with Crippen LogP contribution in [0.25, 0.3) is 31.3 Å². The third-order valence-corrected chi connectivity index (χ3v) is 29.4. The molecule has 0 radical (unpaired) electrons. The molecule has 0 bridgehead atoms. The fraction of sp³-hybridized carbons (Fsp3) is 0.473. The highest BCUT2D eigenvalue weighted by Crippen LogP contribution is 2.45. The predicted octanol–water partition coefficient (Wildman–Crippen LogP) is 18.0. The minimum Gasteiger partial charge on any atom is -0.447 e. The number of nitrogens with one attached hydrogen (secondary N) is 12. The van der Waals surface area contributed by atoms with E-state index in [2.05, 4.69) is 91.9 Å². The monoisotopic (exact) mass is 1920 g/mol. The van der Waals surface area contributed by atoms with Gasteiger partial charge in [0.1, 0.15) is 5.82 Å². The van der Waals surface area contributed by atoms with Crippen molar-refractivity contribution in [1.29, 1.82) is 0 Å². The van der Waals surface area contributed by atoms with Gasteiger partial charge < -0.3 is 62.1 Å². The molecule has 3 saturated carbocycles. The van der Waals surface area contributed by atoms with E-state index in [1.54, 1.807) is 148 Å². The summed E-state index contributed by atoms with van der Waals surface area (Å²) in [6.07, 6.45) is 18.0. The molecule has 40 heteroatoms. The van der Waals surface area contributed by atoms with Crippen LogP contribution in [-0.2, 0) is 57.4 Å². The molecular formula is C91H121FN18O15S6. The van der Waals surface area contributed by atoms with Crippen molar-refractivity contribution in [1.82, 2.24) is 76.0 Å². The number of pyridine rings is 3. The summed E-state index contributed by atoms with van der Waals surface area (Å²) in [6.45, 7) is 28.7. The number of benzene rings is 3. The first-order valence-electron chi connectivity index (χ1n) is 43.6. The van der Waals surface area contributed by atoms with Crippen LogP contribution in [0.15, 0.2) is 155 Å². The minimum absolute atomic E-state index is 0.00670. The van der Waals surface area contributed by atoms with Gasteiger partial charge in [-0.2, -0.15) is 0 Å². The Hall–Kier alpha value is -10.7.